The van der Waals surface area contributed by atoms with Crippen molar-refractivity contribution < 1.29 is 4.79 Å². The predicted octanol–water partition coefficient (Wildman–Crippen LogP) is 2.23. The van der Waals surface area contributed by atoms with Gasteiger partial charge in [-0.1, -0.05) is 44.2 Å². The number of likely N-dealkylation sites (N-methyl/N-ethyl adjacent to an activating group) is 1. The van der Waals surface area contributed by atoms with Gasteiger partial charge in [-0.3, -0.25) is 4.79 Å². The Labute approximate surface area is 110 Å². The molecule has 0 aliphatic rings. The molecule has 1 rings (SSSR count). The number of carbonyl (C=O) groups excluding carboxylic acids is 1. The Morgan fingerprint density at radius 2 is 1.78 bits per heavy atom. The third-order valence-corrected chi connectivity index (χ3v) is 3.66. The van der Waals surface area contributed by atoms with Gasteiger partial charge in [0.15, 0.2) is 0 Å². The summed E-state index contributed by atoms with van der Waals surface area (Å²) in [7, 11) is 1.86. The van der Waals surface area contributed by atoms with Gasteiger partial charge in [-0.05, 0) is 18.4 Å². The van der Waals surface area contributed by atoms with Crippen LogP contribution in [0, 0.1) is 5.92 Å². The van der Waals surface area contributed by atoms with Gasteiger partial charge in [0.25, 0.3) is 0 Å². The van der Waals surface area contributed by atoms with Gasteiger partial charge in [0.2, 0.25) is 5.91 Å². The van der Waals surface area contributed by atoms with E-state index in [0.29, 0.717) is 12.5 Å². The molecule has 2 atom stereocenters. The molecule has 3 heteroatoms. The minimum Gasteiger partial charge on any atom is -0.342 e. The molecule has 0 saturated heterocycles. The van der Waals surface area contributed by atoms with Gasteiger partial charge in [-0.15, -0.1) is 0 Å². The summed E-state index contributed by atoms with van der Waals surface area (Å²) in [6, 6.07) is 9.97. The Bertz CT molecular complexity index is 375. The van der Waals surface area contributed by atoms with Gasteiger partial charge in [-0.25, -0.2) is 0 Å². The number of hydrogen-bond acceptors (Lipinski definition) is 2. The maximum atomic E-state index is 12.5. The molecule has 0 aliphatic carbocycles. The summed E-state index contributed by atoms with van der Waals surface area (Å²) in [5, 5.41) is 0. The fourth-order valence-corrected chi connectivity index (χ4v) is 1.96. The normalized spacial score (nSPS) is 14.3. The Morgan fingerprint density at radius 1 is 1.22 bits per heavy atom. The number of nitrogens with zero attached hydrogens (tertiary/aromatic N) is 1. The molecule has 100 valence electrons. The second-order valence-corrected chi connectivity index (χ2v) is 5.13. The summed E-state index contributed by atoms with van der Waals surface area (Å²) >= 11 is 0. The van der Waals surface area contributed by atoms with E-state index in [2.05, 4.69) is 20.8 Å². The van der Waals surface area contributed by atoms with Crippen molar-refractivity contribution in [3.05, 3.63) is 35.9 Å². The van der Waals surface area contributed by atoms with Gasteiger partial charge in [0.1, 0.15) is 0 Å². The number of hydrogen-bond donors (Lipinski definition) is 1. The van der Waals surface area contributed by atoms with E-state index in [9.17, 15) is 4.79 Å². The first-order valence-electron chi connectivity index (χ1n) is 6.50. The summed E-state index contributed by atoms with van der Waals surface area (Å²) in [5.74, 6) is 0.301. The van der Waals surface area contributed by atoms with E-state index in [0.717, 1.165) is 5.56 Å². The van der Waals surface area contributed by atoms with Crippen molar-refractivity contribution in [3.63, 3.8) is 0 Å². The van der Waals surface area contributed by atoms with Crippen LogP contribution in [0.3, 0.4) is 0 Å². The Balaban J connectivity index is 2.87. The zero-order valence-corrected chi connectivity index (χ0v) is 11.8. The number of benzene rings is 1. The molecular formula is C15H24N2O. The topological polar surface area (TPSA) is 46.3 Å². The molecule has 1 amide bonds. The van der Waals surface area contributed by atoms with Gasteiger partial charge in [-0.2, -0.15) is 0 Å². The molecule has 0 aliphatic heterocycles. The highest BCUT2D eigenvalue weighted by Gasteiger charge is 2.26. The molecule has 0 saturated carbocycles. The van der Waals surface area contributed by atoms with Crippen molar-refractivity contribution in [2.45, 2.75) is 32.7 Å². The lowest BCUT2D eigenvalue weighted by molar-refractivity contribution is -0.133. The molecule has 2 N–H and O–H groups in total. The average Bonchev–Trinajstić information content (AvgIpc) is 2.38. The van der Waals surface area contributed by atoms with Crippen LogP contribution in [0.2, 0.25) is 0 Å². The fourth-order valence-electron chi connectivity index (χ4n) is 1.96. The molecule has 1 aromatic carbocycles. The van der Waals surface area contributed by atoms with E-state index in [-0.39, 0.29) is 17.9 Å². The van der Waals surface area contributed by atoms with Crippen LogP contribution in [0.1, 0.15) is 32.3 Å². The van der Waals surface area contributed by atoms with Crippen LogP contribution in [0.5, 0.6) is 0 Å². The van der Waals surface area contributed by atoms with Crippen molar-refractivity contribution in [2.24, 2.45) is 11.7 Å². The molecule has 0 aromatic heterocycles. The molecule has 1 aromatic rings. The first-order chi connectivity index (χ1) is 8.49. The number of nitrogens with two attached hydrogens (primary N) is 1. The zero-order valence-electron chi connectivity index (χ0n) is 11.8. The van der Waals surface area contributed by atoms with Crippen molar-refractivity contribution in [1.29, 1.82) is 0 Å². The third kappa shape index (κ3) is 3.33. The average molecular weight is 248 g/mol. The standard InChI is InChI=1S/C15H24N2O/c1-11(2)12(3)17(4)15(18)14(10-16)13-8-6-5-7-9-13/h5-9,11-12,14H,10,16H2,1-4H3. The Kier molecular flexibility index (Phi) is 5.35. The van der Waals surface area contributed by atoms with Gasteiger partial charge < -0.3 is 10.6 Å². The Morgan fingerprint density at radius 3 is 2.22 bits per heavy atom. The van der Waals surface area contributed by atoms with E-state index in [4.69, 9.17) is 5.73 Å². The van der Waals surface area contributed by atoms with Crippen LogP contribution in [0.25, 0.3) is 0 Å². The zero-order chi connectivity index (χ0) is 13.7. The summed E-state index contributed by atoms with van der Waals surface area (Å²) in [6.45, 7) is 6.65. The summed E-state index contributed by atoms with van der Waals surface area (Å²) < 4.78 is 0. The predicted molar refractivity (Wildman–Crippen MR) is 75.3 cm³/mol. The number of rotatable bonds is 5. The Hall–Kier alpha value is -1.35. The van der Waals surface area contributed by atoms with Crippen molar-refractivity contribution in [1.82, 2.24) is 4.90 Å². The van der Waals surface area contributed by atoms with E-state index in [1.807, 2.05) is 42.3 Å². The molecule has 3 nitrogen and oxygen atoms in total. The summed E-state index contributed by atoms with van der Waals surface area (Å²) in [6.07, 6.45) is 0. The van der Waals surface area contributed by atoms with E-state index in [1.54, 1.807) is 0 Å². The molecule has 0 radical (unpaired) electrons. The SMILES string of the molecule is CC(C)C(C)N(C)C(=O)C(CN)c1ccccc1. The number of amides is 1. The lowest BCUT2D eigenvalue weighted by Gasteiger charge is -2.31. The first kappa shape index (κ1) is 14.7. The van der Waals surface area contributed by atoms with E-state index in [1.165, 1.54) is 0 Å². The second kappa shape index (κ2) is 6.55. The van der Waals surface area contributed by atoms with Gasteiger partial charge in [0.05, 0.1) is 5.92 Å². The van der Waals surface area contributed by atoms with Crippen LogP contribution >= 0.6 is 0 Å². The van der Waals surface area contributed by atoms with E-state index >= 15 is 0 Å². The molecule has 0 heterocycles. The van der Waals surface area contributed by atoms with E-state index < -0.39 is 0 Å². The number of carbonyl (C=O) groups is 1. The first-order valence-corrected chi connectivity index (χ1v) is 6.50. The molecule has 0 spiro atoms. The minimum absolute atomic E-state index is 0.102. The maximum absolute atomic E-state index is 12.5. The van der Waals surface area contributed by atoms with Crippen molar-refractivity contribution >= 4 is 5.91 Å². The molecule has 2 unspecified atom stereocenters. The monoisotopic (exact) mass is 248 g/mol. The lowest BCUT2D eigenvalue weighted by atomic mass is 9.96. The van der Waals surface area contributed by atoms with Crippen LogP contribution in [0.15, 0.2) is 30.3 Å². The third-order valence-electron chi connectivity index (χ3n) is 3.66. The molecule has 18 heavy (non-hydrogen) atoms. The lowest BCUT2D eigenvalue weighted by Crippen LogP contribution is -2.42. The van der Waals surface area contributed by atoms with Gasteiger partial charge >= 0.3 is 0 Å². The quantitative estimate of drug-likeness (QED) is 0.868. The molecule has 0 bridgehead atoms. The highest BCUT2D eigenvalue weighted by atomic mass is 16.2. The largest absolute Gasteiger partial charge is 0.342 e. The minimum atomic E-state index is -0.239. The second-order valence-electron chi connectivity index (χ2n) is 5.13. The summed E-state index contributed by atoms with van der Waals surface area (Å²) in [5.41, 5.74) is 6.77. The van der Waals surface area contributed by atoms with Crippen LogP contribution < -0.4 is 5.73 Å². The van der Waals surface area contributed by atoms with Crippen LogP contribution in [0.4, 0.5) is 0 Å². The van der Waals surface area contributed by atoms with Gasteiger partial charge in [0, 0.05) is 19.6 Å². The molecule has 0 fully saturated rings. The highest BCUT2D eigenvalue weighted by Crippen LogP contribution is 2.19. The van der Waals surface area contributed by atoms with Crippen LogP contribution in [-0.4, -0.2) is 30.4 Å². The summed E-state index contributed by atoms with van der Waals surface area (Å²) in [4.78, 5) is 14.3. The fraction of sp³-hybridized carbons (Fsp3) is 0.533. The maximum Gasteiger partial charge on any atom is 0.231 e. The highest BCUT2D eigenvalue weighted by molar-refractivity contribution is 5.84. The van der Waals surface area contributed by atoms with Crippen molar-refractivity contribution in [3.8, 4) is 0 Å². The molecular weight excluding hydrogens is 224 g/mol. The van der Waals surface area contributed by atoms with Crippen LogP contribution in [-0.2, 0) is 4.79 Å². The smallest absolute Gasteiger partial charge is 0.231 e. The van der Waals surface area contributed by atoms with Crippen molar-refractivity contribution in [2.75, 3.05) is 13.6 Å².